The van der Waals surface area contributed by atoms with Crippen molar-refractivity contribution in [3.8, 4) is 0 Å². The van der Waals surface area contributed by atoms with E-state index >= 15 is 0 Å². The van der Waals surface area contributed by atoms with E-state index in [4.69, 9.17) is 10.8 Å². The summed E-state index contributed by atoms with van der Waals surface area (Å²) in [4.78, 5) is 0. The average Bonchev–Trinajstić information content (AvgIpc) is 1.66. The lowest BCUT2D eigenvalue weighted by atomic mass is 10.2. The van der Waals surface area contributed by atoms with Gasteiger partial charge in [-0.2, -0.15) is 0 Å². The third kappa shape index (κ3) is 5.92. The molecule has 0 aliphatic rings. The molecule has 2 nitrogen and oxygen atoms in total. The number of unbranched alkanes of at least 4 members (excludes halogenated alkanes) is 2. The SMILES string of the molecule is CCCCC[C@@H](N)O. The van der Waals surface area contributed by atoms with Crippen molar-refractivity contribution in [1.82, 2.24) is 0 Å². The second kappa shape index (κ2) is 5.06. The summed E-state index contributed by atoms with van der Waals surface area (Å²) in [6.07, 6.45) is 3.56. The summed E-state index contributed by atoms with van der Waals surface area (Å²) in [5, 5.41) is 8.56. The number of hydrogen-bond acceptors (Lipinski definition) is 2. The number of rotatable bonds is 4. The molecule has 1 atom stereocenters. The van der Waals surface area contributed by atoms with Gasteiger partial charge in [-0.05, 0) is 12.8 Å². The Balaban J connectivity index is 2.72. The second-order valence-corrected chi connectivity index (χ2v) is 2.06. The Hall–Kier alpha value is -0.0800. The van der Waals surface area contributed by atoms with Crippen molar-refractivity contribution in [2.24, 2.45) is 5.73 Å². The molecule has 0 saturated carbocycles. The van der Waals surface area contributed by atoms with Crippen molar-refractivity contribution < 1.29 is 5.11 Å². The maximum Gasteiger partial charge on any atom is 0.102 e. The predicted octanol–water partition coefficient (Wildman–Crippen LogP) is 0.844. The summed E-state index contributed by atoms with van der Waals surface area (Å²) < 4.78 is 0. The second-order valence-electron chi connectivity index (χ2n) is 2.06. The molecule has 0 radical (unpaired) electrons. The quantitative estimate of drug-likeness (QED) is 0.423. The fourth-order valence-corrected chi connectivity index (χ4v) is 0.603. The molecule has 0 aliphatic carbocycles. The van der Waals surface area contributed by atoms with Crippen LogP contribution in [0.2, 0.25) is 0 Å². The van der Waals surface area contributed by atoms with E-state index in [1.807, 2.05) is 0 Å². The summed E-state index contributed by atoms with van der Waals surface area (Å²) in [5.74, 6) is 0. The Labute approximate surface area is 50.7 Å². The van der Waals surface area contributed by atoms with E-state index in [-0.39, 0.29) is 0 Å². The molecule has 3 N–H and O–H groups in total. The highest BCUT2D eigenvalue weighted by Gasteiger charge is 1.92. The van der Waals surface area contributed by atoms with Crippen molar-refractivity contribution >= 4 is 0 Å². The van der Waals surface area contributed by atoms with Crippen LogP contribution in [0.1, 0.15) is 32.6 Å². The van der Waals surface area contributed by atoms with Gasteiger partial charge in [-0.15, -0.1) is 0 Å². The predicted molar refractivity (Wildman–Crippen MR) is 34.3 cm³/mol. The number of nitrogens with two attached hydrogens (primary N) is 1. The number of aliphatic hydroxyl groups is 1. The lowest BCUT2D eigenvalue weighted by Gasteiger charge is -2.00. The smallest absolute Gasteiger partial charge is 0.102 e. The third-order valence-electron chi connectivity index (χ3n) is 1.10. The number of aliphatic hydroxyl groups excluding tert-OH is 1. The van der Waals surface area contributed by atoms with Crippen molar-refractivity contribution in [3.63, 3.8) is 0 Å². The maximum absolute atomic E-state index is 8.56. The van der Waals surface area contributed by atoms with Crippen LogP contribution in [-0.2, 0) is 0 Å². The Kier molecular flexibility index (Phi) is 5.01. The van der Waals surface area contributed by atoms with E-state index in [0.717, 1.165) is 12.8 Å². The molecule has 0 bridgehead atoms. The van der Waals surface area contributed by atoms with Gasteiger partial charge in [-0.1, -0.05) is 19.8 Å². The molecule has 0 aromatic rings. The Morgan fingerprint density at radius 2 is 2.12 bits per heavy atom. The van der Waals surface area contributed by atoms with E-state index in [0.29, 0.717) is 0 Å². The van der Waals surface area contributed by atoms with Gasteiger partial charge in [0.25, 0.3) is 0 Å². The average molecular weight is 117 g/mol. The highest BCUT2D eigenvalue weighted by molar-refractivity contribution is 4.44. The molecule has 0 aromatic heterocycles. The van der Waals surface area contributed by atoms with Crippen LogP contribution < -0.4 is 5.73 Å². The fourth-order valence-electron chi connectivity index (χ4n) is 0.603. The van der Waals surface area contributed by atoms with Crippen molar-refractivity contribution in [1.29, 1.82) is 0 Å². The summed E-state index contributed by atoms with van der Waals surface area (Å²) in [5.41, 5.74) is 5.09. The van der Waals surface area contributed by atoms with Crippen LogP contribution in [0.3, 0.4) is 0 Å². The molecule has 0 saturated heterocycles. The summed E-state index contributed by atoms with van der Waals surface area (Å²) >= 11 is 0. The van der Waals surface area contributed by atoms with Crippen LogP contribution in [-0.4, -0.2) is 11.3 Å². The van der Waals surface area contributed by atoms with Gasteiger partial charge in [0, 0.05) is 0 Å². The van der Waals surface area contributed by atoms with Gasteiger partial charge in [0.05, 0.1) is 0 Å². The Morgan fingerprint density at radius 1 is 1.50 bits per heavy atom. The Bertz CT molecular complexity index is 45.8. The largest absolute Gasteiger partial charge is 0.379 e. The molecular formula is C6H15NO. The van der Waals surface area contributed by atoms with Crippen LogP contribution >= 0.6 is 0 Å². The molecule has 0 fully saturated rings. The maximum atomic E-state index is 8.56. The van der Waals surface area contributed by atoms with E-state index in [2.05, 4.69) is 6.92 Å². The van der Waals surface area contributed by atoms with Crippen LogP contribution in [0.15, 0.2) is 0 Å². The minimum atomic E-state index is -0.596. The monoisotopic (exact) mass is 117 g/mol. The molecule has 0 amide bonds. The minimum absolute atomic E-state index is 0.596. The van der Waals surface area contributed by atoms with Gasteiger partial charge < -0.3 is 10.8 Å². The lowest BCUT2D eigenvalue weighted by molar-refractivity contribution is 0.168. The van der Waals surface area contributed by atoms with E-state index in [9.17, 15) is 0 Å². The first-order valence-corrected chi connectivity index (χ1v) is 3.21. The molecule has 50 valence electrons. The highest BCUT2D eigenvalue weighted by Crippen LogP contribution is 1.98. The number of hydrogen-bond donors (Lipinski definition) is 2. The highest BCUT2D eigenvalue weighted by atomic mass is 16.3. The van der Waals surface area contributed by atoms with Crippen molar-refractivity contribution in [2.75, 3.05) is 0 Å². The molecule has 0 rings (SSSR count). The van der Waals surface area contributed by atoms with Crippen LogP contribution in [0.4, 0.5) is 0 Å². The standard InChI is InChI=1S/C6H15NO/c1-2-3-4-5-6(7)8/h6,8H,2-5,7H2,1H3/t6-/m0/s1. The first-order valence-electron chi connectivity index (χ1n) is 3.21. The molecule has 0 unspecified atom stereocenters. The zero-order valence-electron chi connectivity index (χ0n) is 5.43. The fraction of sp³-hybridized carbons (Fsp3) is 1.00. The van der Waals surface area contributed by atoms with Gasteiger partial charge in [0.15, 0.2) is 0 Å². The topological polar surface area (TPSA) is 46.2 Å². The summed E-state index contributed by atoms with van der Waals surface area (Å²) in [6.45, 7) is 2.13. The summed E-state index contributed by atoms with van der Waals surface area (Å²) in [6, 6.07) is 0. The van der Waals surface area contributed by atoms with E-state index < -0.39 is 6.23 Å². The van der Waals surface area contributed by atoms with Gasteiger partial charge in [-0.25, -0.2) is 0 Å². The zero-order valence-corrected chi connectivity index (χ0v) is 5.43. The van der Waals surface area contributed by atoms with Gasteiger partial charge in [0.1, 0.15) is 6.23 Å². The Morgan fingerprint density at radius 3 is 2.50 bits per heavy atom. The van der Waals surface area contributed by atoms with E-state index in [1.165, 1.54) is 12.8 Å². The van der Waals surface area contributed by atoms with Crippen molar-refractivity contribution in [2.45, 2.75) is 38.8 Å². The first kappa shape index (κ1) is 7.92. The molecular weight excluding hydrogens is 102 g/mol. The van der Waals surface area contributed by atoms with Crippen LogP contribution in [0.25, 0.3) is 0 Å². The first-order chi connectivity index (χ1) is 3.77. The van der Waals surface area contributed by atoms with Gasteiger partial charge in [0.2, 0.25) is 0 Å². The third-order valence-corrected chi connectivity index (χ3v) is 1.10. The molecule has 8 heavy (non-hydrogen) atoms. The van der Waals surface area contributed by atoms with Crippen LogP contribution in [0, 0.1) is 0 Å². The van der Waals surface area contributed by atoms with Crippen molar-refractivity contribution in [3.05, 3.63) is 0 Å². The molecule has 0 spiro atoms. The molecule has 0 aliphatic heterocycles. The van der Waals surface area contributed by atoms with Gasteiger partial charge in [-0.3, -0.25) is 0 Å². The van der Waals surface area contributed by atoms with Gasteiger partial charge >= 0.3 is 0 Å². The minimum Gasteiger partial charge on any atom is -0.379 e. The molecule has 0 aromatic carbocycles. The lowest BCUT2D eigenvalue weighted by Crippen LogP contribution is -2.17. The molecule has 2 heteroatoms. The van der Waals surface area contributed by atoms with E-state index in [1.54, 1.807) is 0 Å². The summed E-state index contributed by atoms with van der Waals surface area (Å²) in [7, 11) is 0. The molecule has 0 heterocycles. The normalized spacial score (nSPS) is 13.9. The van der Waals surface area contributed by atoms with Crippen LogP contribution in [0.5, 0.6) is 0 Å². The zero-order chi connectivity index (χ0) is 6.41.